The Morgan fingerprint density at radius 2 is 1.90 bits per heavy atom. The second-order valence-electron chi connectivity index (χ2n) is 5.89. The van der Waals surface area contributed by atoms with Gasteiger partial charge in [0.15, 0.2) is 0 Å². The summed E-state index contributed by atoms with van der Waals surface area (Å²) in [5, 5.41) is 9.15. The van der Waals surface area contributed by atoms with Gasteiger partial charge in [0.05, 0.1) is 16.4 Å². The van der Waals surface area contributed by atoms with E-state index in [0.29, 0.717) is 5.02 Å². The lowest BCUT2D eigenvalue weighted by Gasteiger charge is -2.21. The molecular formula is C15H19Cl2N3. The summed E-state index contributed by atoms with van der Waals surface area (Å²) in [5.74, 6) is 0. The molecule has 0 saturated carbocycles. The zero-order chi connectivity index (χ0) is 14.9. The van der Waals surface area contributed by atoms with Gasteiger partial charge in [-0.3, -0.25) is 0 Å². The van der Waals surface area contributed by atoms with Gasteiger partial charge in [0.25, 0.3) is 0 Å². The van der Waals surface area contributed by atoms with Crippen LogP contribution in [0.3, 0.4) is 0 Å². The Balaban J connectivity index is 2.21. The van der Waals surface area contributed by atoms with E-state index in [1.807, 2.05) is 25.1 Å². The second kappa shape index (κ2) is 5.76. The summed E-state index contributed by atoms with van der Waals surface area (Å²) in [6, 6.07) is 5.92. The van der Waals surface area contributed by atoms with E-state index in [2.05, 4.69) is 31.2 Å². The van der Waals surface area contributed by atoms with E-state index in [4.69, 9.17) is 23.2 Å². The molecule has 0 saturated heterocycles. The lowest BCUT2D eigenvalue weighted by Crippen LogP contribution is -2.35. The molecule has 3 nitrogen and oxygen atoms in total. The first-order chi connectivity index (χ1) is 9.26. The van der Waals surface area contributed by atoms with Gasteiger partial charge in [-0.25, -0.2) is 4.68 Å². The summed E-state index contributed by atoms with van der Waals surface area (Å²) in [6.45, 7) is 9.00. The summed E-state index contributed by atoms with van der Waals surface area (Å²) >= 11 is 12.4. The second-order valence-corrected chi connectivity index (χ2v) is 6.70. The van der Waals surface area contributed by atoms with Gasteiger partial charge >= 0.3 is 0 Å². The minimum absolute atomic E-state index is 0.0641. The molecule has 1 heterocycles. The molecule has 1 aromatic heterocycles. The molecule has 2 aromatic rings. The zero-order valence-corrected chi connectivity index (χ0v) is 13.7. The summed E-state index contributed by atoms with van der Waals surface area (Å²) in [4.78, 5) is 0. The van der Waals surface area contributed by atoms with E-state index >= 15 is 0 Å². The van der Waals surface area contributed by atoms with Crippen molar-refractivity contribution in [1.29, 1.82) is 0 Å². The van der Waals surface area contributed by atoms with E-state index in [9.17, 15) is 0 Å². The normalized spacial score (nSPS) is 11.9. The molecule has 0 fully saturated rings. The molecule has 0 unspecified atom stereocenters. The SMILES string of the molecule is Cc1nn(-c2ccc(CNC(C)(C)C)c(Cl)c2)cc1Cl. The molecule has 0 spiro atoms. The number of aromatic nitrogens is 2. The van der Waals surface area contributed by atoms with Crippen LogP contribution in [0.15, 0.2) is 24.4 Å². The summed E-state index contributed by atoms with van der Waals surface area (Å²) < 4.78 is 1.74. The van der Waals surface area contributed by atoms with Crippen molar-refractivity contribution in [2.45, 2.75) is 39.8 Å². The first kappa shape index (κ1) is 15.4. The minimum atomic E-state index is 0.0641. The largest absolute Gasteiger partial charge is 0.308 e. The van der Waals surface area contributed by atoms with Gasteiger partial charge in [-0.2, -0.15) is 5.10 Å². The summed E-state index contributed by atoms with van der Waals surface area (Å²) in [7, 11) is 0. The lowest BCUT2D eigenvalue weighted by molar-refractivity contribution is 0.424. The highest BCUT2D eigenvalue weighted by Gasteiger charge is 2.11. The van der Waals surface area contributed by atoms with Gasteiger partial charge in [0.1, 0.15) is 0 Å². The molecule has 1 N–H and O–H groups in total. The maximum absolute atomic E-state index is 6.34. The Kier molecular flexibility index (Phi) is 4.43. The zero-order valence-electron chi connectivity index (χ0n) is 12.2. The van der Waals surface area contributed by atoms with Crippen LogP contribution in [0, 0.1) is 6.92 Å². The number of aryl methyl sites for hydroxylation is 1. The van der Waals surface area contributed by atoms with Gasteiger partial charge in [-0.1, -0.05) is 29.3 Å². The minimum Gasteiger partial charge on any atom is -0.308 e. The van der Waals surface area contributed by atoms with Crippen molar-refractivity contribution >= 4 is 23.2 Å². The van der Waals surface area contributed by atoms with Crippen LogP contribution in [0.4, 0.5) is 0 Å². The van der Waals surface area contributed by atoms with Crippen LogP contribution >= 0.6 is 23.2 Å². The molecule has 0 aliphatic carbocycles. The molecule has 0 bridgehead atoms. The van der Waals surface area contributed by atoms with Crippen LogP contribution in [0.5, 0.6) is 0 Å². The fraction of sp³-hybridized carbons (Fsp3) is 0.400. The average molecular weight is 312 g/mol. The average Bonchev–Trinajstić information content (AvgIpc) is 2.67. The number of nitrogens with one attached hydrogen (secondary N) is 1. The van der Waals surface area contributed by atoms with Gasteiger partial charge in [-0.05, 0) is 45.4 Å². The van der Waals surface area contributed by atoms with Gasteiger partial charge in [0, 0.05) is 23.3 Å². The number of hydrogen-bond acceptors (Lipinski definition) is 2. The number of nitrogens with zero attached hydrogens (tertiary/aromatic N) is 2. The third-order valence-electron chi connectivity index (χ3n) is 2.95. The third-order valence-corrected chi connectivity index (χ3v) is 3.67. The Morgan fingerprint density at radius 1 is 1.20 bits per heavy atom. The fourth-order valence-corrected chi connectivity index (χ4v) is 2.13. The highest BCUT2D eigenvalue weighted by molar-refractivity contribution is 6.31. The Bertz CT molecular complexity index is 593. The molecule has 0 aliphatic heterocycles. The maximum atomic E-state index is 6.34. The lowest BCUT2D eigenvalue weighted by atomic mass is 10.1. The molecule has 1 aromatic carbocycles. The number of halogens is 2. The predicted molar refractivity (Wildman–Crippen MR) is 84.9 cm³/mol. The fourth-order valence-electron chi connectivity index (χ4n) is 1.75. The van der Waals surface area contributed by atoms with E-state index in [1.165, 1.54) is 0 Å². The van der Waals surface area contributed by atoms with E-state index in [0.717, 1.165) is 28.5 Å². The highest BCUT2D eigenvalue weighted by atomic mass is 35.5. The van der Waals surface area contributed by atoms with Gasteiger partial charge < -0.3 is 5.32 Å². The van der Waals surface area contributed by atoms with Crippen LogP contribution in [0.1, 0.15) is 32.0 Å². The first-order valence-electron chi connectivity index (χ1n) is 6.52. The molecule has 2 rings (SSSR count). The van der Waals surface area contributed by atoms with Crippen molar-refractivity contribution in [2.75, 3.05) is 0 Å². The van der Waals surface area contributed by atoms with Crippen molar-refractivity contribution in [3.05, 3.63) is 45.7 Å². The molecule has 0 aliphatic rings. The molecule has 108 valence electrons. The Hall–Kier alpha value is -1.03. The van der Waals surface area contributed by atoms with Crippen LogP contribution in [-0.2, 0) is 6.54 Å². The summed E-state index contributed by atoms with van der Waals surface area (Å²) in [5.41, 5.74) is 2.85. The molecule has 20 heavy (non-hydrogen) atoms. The van der Waals surface area contributed by atoms with Crippen LogP contribution < -0.4 is 5.32 Å². The maximum Gasteiger partial charge on any atom is 0.0819 e. The molecular weight excluding hydrogens is 293 g/mol. The smallest absolute Gasteiger partial charge is 0.0819 e. The predicted octanol–water partition coefficient (Wildman–Crippen LogP) is 4.38. The number of rotatable bonds is 3. The van der Waals surface area contributed by atoms with Crippen molar-refractivity contribution in [3.63, 3.8) is 0 Å². The number of hydrogen-bond donors (Lipinski definition) is 1. The monoisotopic (exact) mass is 311 g/mol. The van der Waals surface area contributed by atoms with Crippen molar-refractivity contribution in [3.8, 4) is 5.69 Å². The van der Waals surface area contributed by atoms with E-state index < -0.39 is 0 Å². The number of benzene rings is 1. The first-order valence-corrected chi connectivity index (χ1v) is 7.27. The highest BCUT2D eigenvalue weighted by Crippen LogP contribution is 2.22. The molecule has 0 amide bonds. The third kappa shape index (κ3) is 3.75. The topological polar surface area (TPSA) is 29.9 Å². The van der Waals surface area contributed by atoms with E-state index in [1.54, 1.807) is 10.9 Å². The molecule has 5 heteroatoms. The van der Waals surface area contributed by atoms with Crippen LogP contribution in [-0.4, -0.2) is 15.3 Å². The van der Waals surface area contributed by atoms with Crippen LogP contribution in [0.25, 0.3) is 5.69 Å². The molecule has 0 atom stereocenters. The van der Waals surface area contributed by atoms with Crippen molar-refractivity contribution in [2.24, 2.45) is 0 Å². The Labute approximate surface area is 129 Å². The van der Waals surface area contributed by atoms with Gasteiger partial charge in [0.2, 0.25) is 0 Å². The van der Waals surface area contributed by atoms with Crippen LogP contribution in [0.2, 0.25) is 10.0 Å². The Morgan fingerprint density at radius 3 is 2.40 bits per heavy atom. The van der Waals surface area contributed by atoms with Crippen molar-refractivity contribution < 1.29 is 0 Å². The van der Waals surface area contributed by atoms with Crippen molar-refractivity contribution in [1.82, 2.24) is 15.1 Å². The summed E-state index contributed by atoms with van der Waals surface area (Å²) in [6.07, 6.45) is 1.79. The van der Waals surface area contributed by atoms with E-state index in [-0.39, 0.29) is 5.54 Å². The molecule has 0 radical (unpaired) electrons. The van der Waals surface area contributed by atoms with Gasteiger partial charge in [-0.15, -0.1) is 0 Å². The quantitative estimate of drug-likeness (QED) is 0.912. The standard InChI is InChI=1S/C15H19Cl2N3/c1-10-14(17)9-20(19-10)12-6-5-11(13(16)7-12)8-18-15(2,3)4/h5-7,9,18H,8H2,1-4H3.